The van der Waals surface area contributed by atoms with Gasteiger partial charge >= 0.3 is 6.18 Å². The summed E-state index contributed by atoms with van der Waals surface area (Å²) in [5.74, 6) is -0.0737. The number of carbonyl (C=O) groups is 2. The lowest BCUT2D eigenvalue weighted by molar-refractivity contribution is -0.154. The predicted molar refractivity (Wildman–Crippen MR) is 107 cm³/mol. The molecule has 0 atom stereocenters. The van der Waals surface area contributed by atoms with Crippen molar-refractivity contribution in [3.8, 4) is 5.88 Å². The number of oxazole rings is 1. The molecule has 172 valence electrons. The van der Waals surface area contributed by atoms with Crippen LogP contribution in [0.15, 0.2) is 41.5 Å². The molecule has 0 aromatic carbocycles. The van der Waals surface area contributed by atoms with Gasteiger partial charge in [-0.25, -0.2) is 15.0 Å². The SMILES string of the molecule is Cc1cc(CN2Cc3c(ccnc3NC(=O)Cc3cnco3)C2=O)cnc1OCC(F)(F)F. The number of aromatic nitrogens is 3. The van der Waals surface area contributed by atoms with E-state index in [0.717, 1.165) is 0 Å². The lowest BCUT2D eigenvalue weighted by atomic mass is 10.1. The number of halogens is 3. The van der Waals surface area contributed by atoms with Crippen molar-refractivity contribution in [1.82, 2.24) is 19.9 Å². The molecule has 0 aliphatic carbocycles. The van der Waals surface area contributed by atoms with E-state index in [1.807, 2.05) is 0 Å². The molecule has 0 fully saturated rings. The molecule has 0 saturated carbocycles. The summed E-state index contributed by atoms with van der Waals surface area (Å²) >= 11 is 0. The summed E-state index contributed by atoms with van der Waals surface area (Å²) in [6.45, 7) is 0.518. The summed E-state index contributed by atoms with van der Waals surface area (Å²) in [7, 11) is 0. The molecule has 0 saturated heterocycles. The fourth-order valence-electron chi connectivity index (χ4n) is 3.41. The van der Waals surface area contributed by atoms with Crippen LogP contribution in [0.1, 0.15) is 32.8 Å². The summed E-state index contributed by atoms with van der Waals surface area (Å²) in [5.41, 5.74) is 2.03. The van der Waals surface area contributed by atoms with Gasteiger partial charge in [0.1, 0.15) is 11.6 Å². The number of hydrogen-bond donors (Lipinski definition) is 1. The molecule has 0 radical (unpaired) electrons. The second kappa shape index (κ2) is 8.88. The zero-order valence-electron chi connectivity index (χ0n) is 17.3. The molecule has 1 aliphatic heterocycles. The summed E-state index contributed by atoms with van der Waals surface area (Å²) in [5, 5.41) is 2.69. The van der Waals surface area contributed by atoms with E-state index in [1.54, 1.807) is 19.1 Å². The largest absolute Gasteiger partial charge is 0.468 e. The number of nitrogens with one attached hydrogen (secondary N) is 1. The average molecular weight is 461 g/mol. The number of nitrogens with zero attached hydrogens (tertiary/aromatic N) is 4. The Labute approximate surface area is 185 Å². The highest BCUT2D eigenvalue weighted by Gasteiger charge is 2.31. The van der Waals surface area contributed by atoms with E-state index in [2.05, 4.69) is 20.3 Å². The number of hydrogen-bond acceptors (Lipinski definition) is 7. The smallest absolute Gasteiger partial charge is 0.422 e. The fraction of sp³-hybridized carbons (Fsp3) is 0.286. The van der Waals surface area contributed by atoms with Gasteiger partial charge in [-0.05, 0) is 24.6 Å². The topological polar surface area (TPSA) is 110 Å². The Morgan fingerprint density at radius 2 is 2.12 bits per heavy atom. The fourth-order valence-corrected chi connectivity index (χ4v) is 3.41. The Morgan fingerprint density at radius 3 is 2.82 bits per heavy atom. The van der Waals surface area contributed by atoms with Gasteiger partial charge in [0.25, 0.3) is 5.91 Å². The van der Waals surface area contributed by atoms with Gasteiger partial charge in [0.05, 0.1) is 19.2 Å². The van der Waals surface area contributed by atoms with Crippen molar-refractivity contribution >= 4 is 17.6 Å². The average Bonchev–Trinajstić information content (AvgIpc) is 3.36. The number of anilines is 1. The van der Waals surface area contributed by atoms with Crippen molar-refractivity contribution in [3.05, 3.63) is 65.1 Å². The van der Waals surface area contributed by atoms with Crippen molar-refractivity contribution < 1.29 is 31.9 Å². The standard InChI is InChI=1S/C21H18F3N5O4/c1-12-4-13(6-27-19(12)32-10-21(22,23)24)8-29-9-16-15(20(29)31)2-3-26-18(16)28-17(30)5-14-7-25-11-33-14/h2-4,6-7,11H,5,8-10H2,1H3,(H,26,28,30). The summed E-state index contributed by atoms with van der Waals surface area (Å²) in [4.78, 5) is 38.6. The molecule has 33 heavy (non-hydrogen) atoms. The van der Waals surface area contributed by atoms with Crippen LogP contribution >= 0.6 is 0 Å². The Bertz CT molecular complexity index is 1180. The monoisotopic (exact) mass is 461 g/mol. The van der Waals surface area contributed by atoms with Crippen LogP contribution < -0.4 is 10.1 Å². The zero-order valence-corrected chi connectivity index (χ0v) is 17.3. The molecular formula is C21H18F3N5O4. The van der Waals surface area contributed by atoms with Gasteiger partial charge in [-0.2, -0.15) is 13.2 Å². The third-order valence-corrected chi connectivity index (χ3v) is 4.83. The number of rotatable bonds is 7. The van der Waals surface area contributed by atoms with Crippen LogP contribution in [0.3, 0.4) is 0 Å². The van der Waals surface area contributed by atoms with E-state index in [-0.39, 0.29) is 43.0 Å². The minimum Gasteiger partial charge on any atom is -0.468 e. The Morgan fingerprint density at radius 1 is 1.30 bits per heavy atom. The predicted octanol–water partition coefficient (Wildman–Crippen LogP) is 3.05. The molecule has 0 bridgehead atoms. The number of ether oxygens (including phenoxy) is 1. The molecule has 4 heterocycles. The maximum Gasteiger partial charge on any atom is 0.422 e. The van der Waals surface area contributed by atoms with E-state index in [0.29, 0.717) is 28.0 Å². The van der Waals surface area contributed by atoms with E-state index in [1.165, 1.54) is 29.9 Å². The first-order valence-electron chi connectivity index (χ1n) is 9.79. The molecule has 1 aliphatic rings. The van der Waals surface area contributed by atoms with Gasteiger partial charge in [0.2, 0.25) is 11.8 Å². The molecule has 3 aromatic rings. The summed E-state index contributed by atoms with van der Waals surface area (Å²) < 4.78 is 46.9. The van der Waals surface area contributed by atoms with Gasteiger partial charge in [-0.3, -0.25) is 9.59 Å². The van der Waals surface area contributed by atoms with Crippen LogP contribution in [0.2, 0.25) is 0 Å². The van der Waals surface area contributed by atoms with Crippen LogP contribution in [-0.4, -0.2) is 44.4 Å². The molecule has 4 rings (SSSR count). The molecule has 0 unspecified atom stereocenters. The maximum atomic E-state index is 12.9. The number of pyridine rings is 2. The van der Waals surface area contributed by atoms with Crippen molar-refractivity contribution in [1.29, 1.82) is 0 Å². The van der Waals surface area contributed by atoms with Gasteiger partial charge in [0, 0.05) is 35.6 Å². The Balaban J connectivity index is 1.44. The van der Waals surface area contributed by atoms with E-state index < -0.39 is 12.8 Å². The Hall–Kier alpha value is -3.96. The molecule has 1 N–H and O–H groups in total. The van der Waals surface area contributed by atoms with Crippen molar-refractivity contribution in [2.24, 2.45) is 0 Å². The molecule has 9 nitrogen and oxygen atoms in total. The van der Waals surface area contributed by atoms with Crippen molar-refractivity contribution in [2.45, 2.75) is 32.6 Å². The first kappa shape index (κ1) is 22.2. The highest BCUT2D eigenvalue weighted by atomic mass is 19.4. The third-order valence-electron chi connectivity index (χ3n) is 4.83. The quantitative estimate of drug-likeness (QED) is 0.576. The summed E-state index contributed by atoms with van der Waals surface area (Å²) in [6.07, 6.45) is 0.968. The minimum absolute atomic E-state index is 0.0310. The number of carbonyl (C=O) groups excluding carboxylic acids is 2. The Kier molecular flexibility index (Phi) is 5.99. The first-order chi connectivity index (χ1) is 15.7. The van der Waals surface area contributed by atoms with Gasteiger partial charge in [0.15, 0.2) is 13.0 Å². The molecule has 0 spiro atoms. The van der Waals surface area contributed by atoms with Crippen LogP contribution in [-0.2, 0) is 24.3 Å². The van der Waals surface area contributed by atoms with Crippen LogP contribution in [0.4, 0.5) is 19.0 Å². The molecule has 3 aromatic heterocycles. The van der Waals surface area contributed by atoms with E-state index in [4.69, 9.17) is 9.15 Å². The summed E-state index contributed by atoms with van der Waals surface area (Å²) in [6, 6.07) is 3.19. The van der Waals surface area contributed by atoms with E-state index in [9.17, 15) is 22.8 Å². The highest BCUT2D eigenvalue weighted by molar-refractivity contribution is 6.01. The van der Waals surface area contributed by atoms with Gasteiger partial charge < -0.3 is 19.4 Å². The van der Waals surface area contributed by atoms with Gasteiger partial charge in [-0.15, -0.1) is 0 Å². The number of alkyl halides is 3. The van der Waals surface area contributed by atoms with Crippen LogP contribution in [0, 0.1) is 6.92 Å². The van der Waals surface area contributed by atoms with Gasteiger partial charge in [-0.1, -0.05) is 0 Å². The molecule has 12 heteroatoms. The number of aryl methyl sites for hydroxylation is 1. The van der Waals surface area contributed by atoms with Crippen LogP contribution in [0.5, 0.6) is 5.88 Å². The maximum absolute atomic E-state index is 12.9. The second-order valence-electron chi connectivity index (χ2n) is 7.41. The lowest BCUT2D eigenvalue weighted by Crippen LogP contribution is -2.23. The number of fused-ring (bicyclic) bond motifs is 1. The minimum atomic E-state index is -4.46. The van der Waals surface area contributed by atoms with Crippen molar-refractivity contribution in [2.75, 3.05) is 11.9 Å². The lowest BCUT2D eigenvalue weighted by Gasteiger charge is -2.17. The zero-order chi connectivity index (χ0) is 23.6. The van der Waals surface area contributed by atoms with Crippen LogP contribution in [0.25, 0.3) is 0 Å². The molecular weight excluding hydrogens is 443 g/mol. The first-order valence-corrected chi connectivity index (χ1v) is 9.79. The third kappa shape index (κ3) is 5.27. The van der Waals surface area contributed by atoms with Crippen molar-refractivity contribution in [3.63, 3.8) is 0 Å². The molecule has 2 amide bonds. The highest BCUT2D eigenvalue weighted by Crippen LogP contribution is 2.29. The van der Waals surface area contributed by atoms with E-state index >= 15 is 0 Å². The number of amides is 2. The normalized spacial score (nSPS) is 13.2. The second-order valence-corrected chi connectivity index (χ2v) is 7.41.